The molecule has 0 spiro atoms. The third-order valence-electron chi connectivity index (χ3n) is 3.33. The van der Waals surface area contributed by atoms with E-state index in [-0.39, 0.29) is 5.41 Å². The van der Waals surface area contributed by atoms with Crippen LogP contribution in [0.5, 0.6) is 0 Å². The van der Waals surface area contributed by atoms with E-state index in [1.807, 2.05) is 13.8 Å². The molecule has 0 atom stereocenters. The first-order valence-electron chi connectivity index (χ1n) is 4.63. The van der Waals surface area contributed by atoms with Gasteiger partial charge in [0.15, 0.2) is 0 Å². The van der Waals surface area contributed by atoms with Gasteiger partial charge < -0.3 is 10.4 Å². The molecule has 0 aromatic carbocycles. The SMILES string of the molecule is CCC1(CC)C(C)=[N+]([O-])[N+]([O-])=C1C. The van der Waals surface area contributed by atoms with E-state index in [9.17, 15) is 10.4 Å². The van der Waals surface area contributed by atoms with Gasteiger partial charge in [-0.25, -0.2) is 0 Å². The average molecular weight is 184 g/mol. The summed E-state index contributed by atoms with van der Waals surface area (Å²) >= 11 is 0. The van der Waals surface area contributed by atoms with Gasteiger partial charge in [-0.1, -0.05) is 13.8 Å². The maximum atomic E-state index is 11.3. The fourth-order valence-corrected chi connectivity index (χ4v) is 2.17. The van der Waals surface area contributed by atoms with Crippen LogP contribution in [-0.2, 0) is 0 Å². The molecule has 0 bridgehead atoms. The molecular formula is C9H16N2O2. The summed E-state index contributed by atoms with van der Waals surface area (Å²) in [5, 5.41) is 22.6. The molecule has 1 aliphatic heterocycles. The lowest BCUT2D eigenvalue weighted by atomic mass is 9.75. The largest absolute Gasteiger partial charge is 0.561 e. The number of nitrogens with zero attached hydrogens (tertiary/aromatic N) is 2. The molecule has 0 aliphatic carbocycles. The van der Waals surface area contributed by atoms with Crippen molar-refractivity contribution in [3.63, 3.8) is 0 Å². The third-order valence-corrected chi connectivity index (χ3v) is 3.33. The minimum Gasteiger partial charge on any atom is -0.561 e. The highest BCUT2D eigenvalue weighted by molar-refractivity contribution is 6.07. The van der Waals surface area contributed by atoms with Crippen molar-refractivity contribution >= 4 is 11.4 Å². The van der Waals surface area contributed by atoms with E-state index in [1.165, 1.54) is 0 Å². The molecule has 4 nitrogen and oxygen atoms in total. The summed E-state index contributed by atoms with van der Waals surface area (Å²) in [4.78, 5) is 0.921. The van der Waals surface area contributed by atoms with E-state index in [0.717, 1.165) is 12.8 Å². The van der Waals surface area contributed by atoms with Gasteiger partial charge in [0.25, 0.3) is 11.4 Å². The summed E-state index contributed by atoms with van der Waals surface area (Å²) in [5.41, 5.74) is 0.929. The second kappa shape index (κ2) is 3.01. The molecule has 13 heavy (non-hydrogen) atoms. The van der Waals surface area contributed by atoms with Crippen LogP contribution in [0.4, 0.5) is 0 Å². The summed E-state index contributed by atoms with van der Waals surface area (Å²) in [6.07, 6.45) is 1.61. The monoisotopic (exact) mass is 184 g/mol. The van der Waals surface area contributed by atoms with Crippen LogP contribution in [0.2, 0.25) is 0 Å². The number of hydrazine groups is 1. The van der Waals surface area contributed by atoms with Crippen molar-refractivity contribution in [1.29, 1.82) is 0 Å². The first-order chi connectivity index (χ1) is 6.01. The minimum absolute atomic E-state index is 0.302. The summed E-state index contributed by atoms with van der Waals surface area (Å²) in [6.45, 7) is 7.48. The molecule has 0 amide bonds. The van der Waals surface area contributed by atoms with Gasteiger partial charge in [-0.3, -0.25) is 0 Å². The van der Waals surface area contributed by atoms with Crippen molar-refractivity contribution in [2.45, 2.75) is 40.5 Å². The van der Waals surface area contributed by atoms with Crippen LogP contribution in [0, 0.1) is 15.8 Å². The van der Waals surface area contributed by atoms with Crippen molar-refractivity contribution in [1.82, 2.24) is 0 Å². The Morgan fingerprint density at radius 3 is 1.46 bits per heavy atom. The number of hydrogen-bond donors (Lipinski definition) is 0. The number of hydrogen-bond acceptors (Lipinski definition) is 2. The first kappa shape index (κ1) is 10.0. The van der Waals surface area contributed by atoms with Crippen molar-refractivity contribution in [2.24, 2.45) is 5.41 Å². The Balaban J connectivity index is 3.28. The molecule has 0 N–H and O–H groups in total. The zero-order chi connectivity index (χ0) is 10.2. The molecular weight excluding hydrogens is 168 g/mol. The van der Waals surface area contributed by atoms with E-state index in [2.05, 4.69) is 0 Å². The van der Waals surface area contributed by atoms with Gasteiger partial charge in [0, 0.05) is 13.8 Å². The van der Waals surface area contributed by atoms with E-state index in [1.54, 1.807) is 13.8 Å². The number of rotatable bonds is 2. The van der Waals surface area contributed by atoms with Gasteiger partial charge in [0.1, 0.15) is 5.41 Å². The molecule has 74 valence electrons. The van der Waals surface area contributed by atoms with E-state index < -0.39 is 0 Å². The molecule has 0 saturated carbocycles. The summed E-state index contributed by atoms with van der Waals surface area (Å²) in [5.74, 6) is 0. The molecule has 0 saturated heterocycles. The van der Waals surface area contributed by atoms with Crippen LogP contribution < -0.4 is 0 Å². The first-order valence-corrected chi connectivity index (χ1v) is 4.63. The topological polar surface area (TPSA) is 52.1 Å². The van der Waals surface area contributed by atoms with Gasteiger partial charge in [-0.05, 0) is 12.8 Å². The predicted octanol–water partition coefficient (Wildman–Crippen LogP) is 1.66. The molecule has 1 heterocycles. The molecule has 0 radical (unpaired) electrons. The molecule has 0 fully saturated rings. The average Bonchev–Trinajstić information content (AvgIpc) is 2.31. The van der Waals surface area contributed by atoms with Crippen molar-refractivity contribution in [3.05, 3.63) is 10.4 Å². The Bertz CT molecular complexity index is 262. The zero-order valence-electron chi connectivity index (χ0n) is 8.63. The predicted molar refractivity (Wildman–Crippen MR) is 51.6 cm³/mol. The Morgan fingerprint density at radius 1 is 1.00 bits per heavy atom. The highest BCUT2D eigenvalue weighted by Gasteiger charge is 2.51. The van der Waals surface area contributed by atoms with Crippen LogP contribution in [-0.4, -0.2) is 21.1 Å². The summed E-state index contributed by atoms with van der Waals surface area (Å²) in [6, 6.07) is 0. The van der Waals surface area contributed by atoms with Gasteiger partial charge in [-0.2, -0.15) is 0 Å². The lowest BCUT2D eigenvalue weighted by Gasteiger charge is -2.17. The molecule has 0 aromatic rings. The highest BCUT2D eigenvalue weighted by atomic mass is 16.7. The zero-order valence-corrected chi connectivity index (χ0v) is 8.63. The Hall–Kier alpha value is -1.06. The van der Waals surface area contributed by atoms with Gasteiger partial charge in [0.05, 0.1) is 9.70 Å². The lowest BCUT2D eigenvalue weighted by molar-refractivity contribution is -1.05. The normalized spacial score (nSPS) is 21.5. The highest BCUT2D eigenvalue weighted by Crippen LogP contribution is 2.33. The Labute approximate surface area is 78.3 Å². The summed E-state index contributed by atoms with van der Waals surface area (Å²) < 4.78 is 0. The lowest BCUT2D eigenvalue weighted by Crippen LogP contribution is -2.33. The van der Waals surface area contributed by atoms with Crippen LogP contribution in [0.1, 0.15) is 40.5 Å². The van der Waals surface area contributed by atoms with Crippen molar-refractivity contribution in [2.75, 3.05) is 0 Å². The van der Waals surface area contributed by atoms with Gasteiger partial charge >= 0.3 is 0 Å². The second-order valence-electron chi connectivity index (χ2n) is 3.51. The van der Waals surface area contributed by atoms with Crippen molar-refractivity contribution in [3.8, 4) is 0 Å². The van der Waals surface area contributed by atoms with Crippen LogP contribution in [0.15, 0.2) is 0 Å². The smallest absolute Gasteiger partial charge is 0.255 e. The fourth-order valence-electron chi connectivity index (χ4n) is 2.17. The minimum atomic E-state index is -0.302. The fraction of sp³-hybridized carbons (Fsp3) is 0.778. The van der Waals surface area contributed by atoms with Crippen LogP contribution in [0.3, 0.4) is 0 Å². The number of hydrazone groups is 2. The Morgan fingerprint density at radius 2 is 1.31 bits per heavy atom. The molecule has 0 unspecified atom stereocenters. The quantitative estimate of drug-likeness (QED) is 0.484. The molecule has 1 aliphatic rings. The van der Waals surface area contributed by atoms with E-state index in [0.29, 0.717) is 21.1 Å². The Kier molecular flexibility index (Phi) is 2.32. The van der Waals surface area contributed by atoms with E-state index in [4.69, 9.17) is 0 Å². The van der Waals surface area contributed by atoms with Crippen LogP contribution >= 0.6 is 0 Å². The van der Waals surface area contributed by atoms with Gasteiger partial charge in [-0.15, -0.1) is 0 Å². The molecule has 0 aromatic heterocycles. The molecule has 1 rings (SSSR count). The van der Waals surface area contributed by atoms with Crippen LogP contribution in [0.25, 0.3) is 0 Å². The molecule has 4 heteroatoms. The summed E-state index contributed by atoms with van der Waals surface area (Å²) in [7, 11) is 0. The third kappa shape index (κ3) is 1.04. The van der Waals surface area contributed by atoms with Crippen molar-refractivity contribution < 1.29 is 9.70 Å². The maximum Gasteiger partial charge on any atom is 0.255 e. The second-order valence-corrected chi connectivity index (χ2v) is 3.51. The maximum absolute atomic E-state index is 11.3. The van der Waals surface area contributed by atoms with E-state index >= 15 is 0 Å². The van der Waals surface area contributed by atoms with Gasteiger partial charge in [0.2, 0.25) is 0 Å². The standard InChI is InChI=1S/C9H16N2O2/c1-5-9(6-2)7(3)10(12)11(13)8(9)4/h5-6H2,1-4H3.